The van der Waals surface area contributed by atoms with Crippen LogP contribution in [0.5, 0.6) is 0 Å². The van der Waals surface area contributed by atoms with E-state index in [0.717, 1.165) is 12.8 Å². The van der Waals surface area contributed by atoms with Crippen LogP contribution in [0.3, 0.4) is 0 Å². The van der Waals surface area contributed by atoms with Crippen LogP contribution in [0.1, 0.15) is 37.0 Å². The molecule has 0 fully saturated rings. The van der Waals surface area contributed by atoms with Crippen molar-refractivity contribution in [3.8, 4) is 0 Å². The highest BCUT2D eigenvalue weighted by molar-refractivity contribution is 7.92. The molecule has 0 saturated carbocycles. The first kappa shape index (κ1) is 16.7. The largest absolute Gasteiger partial charge is 0.352 e. The number of amides is 1. The fourth-order valence-electron chi connectivity index (χ4n) is 1.64. The minimum atomic E-state index is -3.29. The van der Waals surface area contributed by atoms with Crippen LogP contribution in [0.25, 0.3) is 0 Å². The second kappa shape index (κ2) is 7.40. The molecule has 3 N–H and O–H groups in total. The molecule has 0 aromatic heterocycles. The molecule has 1 amide bonds. The number of nitrogens with two attached hydrogens (primary N) is 1. The summed E-state index contributed by atoms with van der Waals surface area (Å²) in [5, 5.41) is 2.30. The lowest BCUT2D eigenvalue weighted by Crippen LogP contribution is -2.25. The molecule has 0 atom stereocenters. The minimum Gasteiger partial charge on any atom is -0.352 e. The first-order valence-electron chi connectivity index (χ1n) is 6.72. The molecule has 5 nitrogen and oxygen atoms in total. The molecule has 0 saturated heterocycles. The molecule has 0 aliphatic carbocycles. The van der Waals surface area contributed by atoms with Gasteiger partial charge in [0.25, 0.3) is 5.91 Å². The van der Waals surface area contributed by atoms with E-state index in [9.17, 15) is 13.2 Å². The summed E-state index contributed by atoms with van der Waals surface area (Å²) in [5.74, 6) is -0.199. The van der Waals surface area contributed by atoms with Crippen molar-refractivity contribution in [2.24, 2.45) is 5.73 Å². The zero-order valence-electron chi connectivity index (χ0n) is 11.9. The summed E-state index contributed by atoms with van der Waals surface area (Å²) in [5.41, 5.74) is 5.83. The molecule has 0 unspecified atom stereocenters. The Balaban J connectivity index is 2.69. The summed E-state index contributed by atoms with van der Waals surface area (Å²) in [4.78, 5) is 12.1. The van der Waals surface area contributed by atoms with Gasteiger partial charge in [-0.3, -0.25) is 4.79 Å². The number of rotatable bonds is 7. The molecule has 0 bridgehead atoms. The Morgan fingerprint density at radius 3 is 2.30 bits per heavy atom. The van der Waals surface area contributed by atoms with E-state index >= 15 is 0 Å². The fourth-order valence-corrected chi connectivity index (χ4v) is 2.70. The minimum absolute atomic E-state index is 0.199. The summed E-state index contributed by atoms with van der Waals surface area (Å²) in [6.45, 7) is 4.44. The van der Waals surface area contributed by atoms with E-state index in [1.807, 2.05) is 0 Å². The van der Waals surface area contributed by atoms with Crippen molar-refractivity contribution in [1.29, 1.82) is 0 Å². The predicted molar refractivity (Wildman–Crippen MR) is 79.4 cm³/mol. The number of carbonyl (C=O) groups is 1. The Kier molecular flexibility index (Phi) is 6.16. The number of carbonyl (C=O) groups excluding carboxylic acids is 1. The fraction of sp³-hybridized carbons (Fsp3) is 0.500. The van der Waals surface area contributed by atoms with Crippen molar-refractivity contribution < 1.29 is 13.2 Å². The molecule has 112 valence electrons. The van der Waals surface area contributed by atoms with Gasteiger partial charge in [0.15, 0.2) is 9.84 Å². The van der Waals surface area contributed by atoms with Gasteiger partial charge in [-0.15, -0.1) is 0 Å². The quantitative estimate of drug-likeness (QED) is 0.743. The van der Waals surface area contributed by atoms with Gasteiger partial charge in [-0.1, -0.05) is 0 Å². The van der Waals surface area contributed by atoms with Crippen molar-refractivity contribution in [2.75, 3.05) is 13.1 Å². The maximum atomic E-state index is 11.9. The molecule has 0 spiro atoms. The molecule has 6 heteroatoms. The standard InChI is InChI=1S/C14H22N2O3S/c1-11(2)20(18,19)13-7-5-12(6-8-13)14(17)16-10-4-3-9-15/h5-8,11H,3-4,9-10,15H2,1-2H3,(H,16,17). The highest BCUT2D eigenvalue weighted by Gasteiger charge is 2.19. The summed E-state index contributed by atoms with van der Waals surface area (Å²) in [6, 6.07) is 6.02. The third-order valence-electron chi connectivity index (χ3n) is 2.98. The summed E-state index contributed by atoms with van der Waals surface area (Å²) >= 11 is 0. The molecule has 0 aliphatic rings. The van der Waals surface area contributed by atoms with Gasteiger partial charge in [-0.05, 0) is 57.5 Å². The first-order valence-corrected chi connectivity index (χ1v) is 8.26. The SMILES string of the molecule is CC(C)S(=O)(=O)c1ccc(C(=O)NCCCCN)cc1. The van der Waals surface area contributed by atoms with Gasteiger partial charge in [0.1, 0.15) is 0 Å². The van der Waals surface area contributed by atoms with Crippen LogP contribution in [-0.4, -0.2) is 32.7 Å². The van der Waals surface area contributed by atoms with E-state index in [2.05, 4.69) is 5.32 Å². The number of benzene rings is 1. The van der Waals surface area contributed by atoms with E-state index in [1.54, 1.807) is 13.8 Å². The van der Waals surface area contributed by atoms with Gasteiger partial charge >= 0.3 is 0 Å². The van der Waals surface area contributed by atoms with Gasteiger partial charge in [0.2, 0.25) is 0 Å². The molecule has 20 heavy (non-hydrogen) atoms. The Labute approximate surface area is 120 Å². The monoisotopic (exact) mass is 298 g/mol. The van der Waals surface area contributed by atoms with Crippen molar-refractivity contribution in [1.82, 2.24) is 5.32 Å². The first-order chi connectivity index (χ1) is 9.39. The van der Waals surface area contributed by atoms with E-state index < -0.39 is 15.1 Å². The van der Waals surface area contributed by atoms with Crippen molar-refractivity contribution >= 4 is 15.7 Å². The van der Waals surface area contributed by atoms with Crippen molar-refractivity contribution in [3.63, 3.8) is 0 Å². The predicted octanol–water partition coefficient (Wildman–Crippen LogP) is 1.34. The third kappa shape index (κ3) is 4.31. The lowest BCUT2D eigenvalue weighted by atomic mass is 10.2. The maximum absolute atomic E-state index is 11.9. The average molecular weight is 298 g/mol. The van der Waals surface area contributed by atoms with Crippen LogP contribution in [0, 0.1) is 0 Å². The van der Waals surface area contributed by atoms with Crippen molar-refractivity contribution in [2.45, 2.75) is 36.8 Å². The van der Waals surface area contributed by atoms with Crippen molar-refractivity contribution in [3.05, 3.63) is 29.8 Å². The molecule has 0 radical (unpaired) electrons. The highest BCUT2D eigenvalue weighted by atomic mass is 32.2. The maximum Gasteiger partial charge on any atom is 0.251 e. The number of hydrogen-bond donors (Lipinski definition) is 2. The Morgan fingerprint density at radius 1 is 1.20 bits per heavy atom. The zero-order valence-corrected chi connectivity index (χ0v) is 12.7. The van der Waals surface area contributed by atoms with Crippen LogP contribution < -0.4 is 11.1 Å². The Hall–Kier alpha value is -1.40. The van der Waals surface area contributed by atoms with Gasteiger partial charge in [-0.2, -0.15) is 0 Å². The summed E-state index contributed by atoms with van der Waals surface area (Å²) < 4.78 is 23.9. The van der Waals surface area contributed by atoms with E-state index in [4.69, 9.17) is 5.73 Å². The average Bonchev–Trinajstić information content (AvgIpc) is 2.43. The third-order valence-corrected chi connectivity index (χ3v) is 5.15. The van der Waals surface area contributed by atoms with Crippen LogP contribution in [0.4, 0.5) is 0 Å². The van der Waals surface area contributed by atoms with Gasteiger partial charge in [-0.25, -0.2) is 8.42 Å². The van der Waals surface area contributed by atoms with Crippen LogP contribution in [0.15, 0.2) is 29.2 Å². The van der Waals surface area contributed by atoms with Gasteiger partial charge in [0.05, 0.1) is 10.1 Å². The molecule has 1 aromatic carbocycles. The lowest BCUT2D eigenvalue weighted by Gasteiger charge is -2.09. The summed E-state index contributed by atoms with van der Waals surface area (Å²) in [6.07, 6.45) is 1.70. The molecular formula is C14H22N2O3S. The second-order valence-electron chi connectivity index (χ2n) is 4.87. The van der Waals surface area contributed by atoms with E-state index in [-0.39, 0.29) is 10.8 Å². The van der Waals surface area contributed by atoms with Crippen LogP contribution >= 0.6 is 0 Å². The molecule has 1 aromatic rings. The molecule has 0 aliphatic heterocycles. The molecule has 0 heterocycles. The number of unbranched alkanes of at least 4 members (excludes halogenated alkanes) is 1. The summed E-state index contributed by atoms with van der Waals surface area (Å²) in [7, 11) is -3.29. The van der Waals surface area contributed by atoms with Crippen LogP contribution in [0.2, 0.25) is 0 Å². The topological polar surface area (TPSA) is 89.3 Å². The van der Waals surface area contributed by atoms with Gasteiger partial charge in [0, 0.05) is 12.1 Å². The highest BCUT2D eigenvalue weighted by Crippen LogP contribution is 2.16. The Morgan fingerprint density at radius 2 is 1.80 bits per heavy atom. The Bertz CT molecular complexity index is 536. The van der Waals surface area contributed by atoms with E-state index in [0.29, 0.717) is 18.7 Å². The number of sulfone groups is 1. The smallest absolute Gasteiger partial charge is 0.251 e. The lowest BCUT2D eigenvalue weighted by molar-refractivity contribution is 0.0953. The zero-order chi connectivity index (χ0) is 15.2. The van der Waals surface area contributed by atoms with Gasteiger partial charge < -0.3 is 11.1 Å². The molecular weight excluding hydrogens is 276 g/mol. The van der Waals surface area contributed by atoms with Crippen LogP contribution in [-0.2, 0) is 9.84 Å². The number of hydrogen-bond acceptors (Lipinski definition) is 4. The van der Waals surface area contributed by atoms with E-state index in [1.165, 1.54) is 24.3 Å². The normalized spacial score (nSPS) is 11.6. The molecule has 1 rings (SSSR count). The number of nitrogens with one attached hydrogen (secondary N) is 1. The second-order valence-corrected chi connectivity index (χ2v) is 7.37.